The molecule has 0 fully saturated rings. The van der Waals surface area contributed by atoms with E-state index in [1.165, 1.54) is 6.92 Å². The quantitative estimate of drug-likeness (QED) is 0.286. The molecule has 0 bridgehead atoms. The lowest BCUT2D eigenvalue weighted by Gasteiger charge is -2.10. The van der Waals surface area contributed by atoms with E-state index in [0.717, 1.165) is 11.1 Å². The lowest BCUT2D eigenvalue weighted by atomic mass is 10.2. The van der Waals surface area contributed by atoms with Gasteiger partial charge in [0.05, 0.1) is 19.3 Å². The molecule has 0 saturated heterocycles. The third-order valence-corrected chi connectivity index (χ3v) is 2.58. The lowest BCUT2D eigenvalue weighted by Crippen LogP contribution is -2.32. The topological polar surface area (TPSA) is 88.7 Å². The number of nitrogens with zero attached hydrogens (tertiary/aromatic N) is 1. The first-order chi connectivity index (χ1) is 9.92. The van der Waals surface area contributed by atoms with Gasteiger partial charge < -0.3 is 21.1 Å². The van der Waals surface area contributed by atoms with Crippen LogP contribution in [0.25, 0.3) is 0 Å². The summed E-state index contributed by atoms with van der Waals surface area (Å²) in [5.74, 6) is 0.804. The Balaban J connectivity index is 0.00000441. The summed E-state index contributed by atoms with van der Waals surface area (Å²) in [6.07, 6.45) is 0. The second kappa shape index (κ2) is 10.0. The molecule has 6 nitrogen and oxygen atoms in total. The molecule has 0 atom stereocenters. The van der Waals surface area contributed by atoms with Crippen molar-refractivity contribution < 1.29 is 9.53 Å². The molecule has 0 aliphatic carbocycles. The van der Waals surface area contributed by atoms with Crippen LogP contribution in [0.1, 0.15) is 19.4 Å². The first kappa shape index (κ1) is 20.2. The van der Waals surface area contributed by atoms with Crippen LogP contribution < -0.4 is 21.1 Å². The Labute approximate surface area is 148 Å². The summed E-state index contributed by atoms with van der Waals surface area (Å²) in [4.78, 5) is 15.4. The number of hydrogen-bond donors (Lipinski definition) is 3. The average molecular weight is 418 g/mol. The number of guanidine groups is 1. The van der Waals surface area contributed by atoms with Gasteiger partial charge in [0, 0.05) is 13.5 Å². The molecule has 4 N–H and O–H groups in total. The number of ether oxygens (including phenoxy) is 1. The number of benzene rings is 1. The monoisotopic (exact) mass is 418 g/mol. The number of carbonyl (C=O) groups excluding carboxylic acids is 1. The predicted molar refractivity (Wildman–Crippen MR) is 101 cm³/mol. The van der Waals surface area contributed by atoms with Crippen LogP contribution in [-0.4, -0.2) is 25.5 Å². The third kappa shape index (κ3) is 7.30. The van der Waals surface area contributed by atoms with Gasteiger partial charge in [0.2, 0.25) is 5.91 Å². The minimum Gasteiger partial charge on any atom is -0.495 e. The van der Waals surface area contributed by atoms with Gasteiger partial charge in [-0.05, 0) is 24.6 Å². The van der Waals surface area contributed by atoms with E-state index in [1.54, 1.807) is 13.2 Å². The number of carbonyl (C=O) groups is 1. The van der Waals surface area contributed by atoms with Crippen molar-refractivity contribution in [1.29, 1.82) is 0 Å². The fourth-order valence-corrected chi connectivity index (χ4v) is 1.61. The highest BCUT2D eigenvalue weighted by Crippen LogP contribution is 2.25. The van der Waals surface area contributed by atoms with E-state index >= 15 is 0 Å². The highest BCUT2D eigenvalue weighted by Gasteiger charge is 2.05. The molecule has 0 aromatic heterocycles. The summed E-state index contributed by atoms with van der Waals surface area (Å²) >= 11 is 0. The summed E-state index contributed by atoms with van der Waals surface area (Å²) < 4.78 is 5.19. The fourth-order valence-electron chi connectivity index (χ4n) is 1.61. The minimum atomic E-state index is -0.156. The van der Waals surface area contributed by atoms with E-state index in [2.05, 4.69) is 22.2 Å². The molecule has 1 aromatic carbocycles. The molecule has 122 valence electrons. The van der Waals surface area contributed by atoms with Crippen molar-refractivity contribution in [2.45, 2.75) is 20.4 Å². The van der Waals surface area contributed by atoms with Crippen LogP contribution in [0.4, 0.5) is 5.69 Å². The molecule has 1 aromatic rings. The molecule has 0 spiro atoms. The van der Waals surface area contributed by atoms with Crippen molar-refractivity contribution in [1.82, 2.24) is 5.32 Å². The molecular formula is C15H23IN4O2. The largest absolute Gasteiger partial charge is 0.495 e. The van der Waals surface area contributed by atoms with Crippen molar-refractivity contribution in [3.63, 3.8) is 0 Å². The number of halogens is 1. The van der Waals surface area contributed by atoms with E-state index in [4.69, 9.17) is 10.5 Å². The van der Waals surface area contributed by atoms with Gasteiger partial charge in [-0.15, -0.1) is 24.0 Å². The highest BCUT2D eigenvalue weighted by atomic mass is 127. The molecule has 0 aliphatic rings. The molecule has 0 unspecified atom stereocenters. The highest BCUT2D eigenvalue weighted by molar-refractivity contribution is 14.0. The molecule has 0 saturated carbocycles. The molecule has 0 heterocycles. The summed E-state index contributed by atoms with van der Waals surface area (Å²) in [7, 11) is 1.55. The fraction of sp³-hybridized carbons (Fsp3) is 0.333. The average Bonchev–Trinajstić information content (AvgIpc) is 2.42. The summed E-state index contributed by atoms with van der Waals surface area (Å²) in [5.41, 5.74) is 8.26. The zero-order valence-electron chi connectivity index (χ0n) is 13.1. The normalized spacial score (nSPS) is 10.4. The number of rotatable bonds is 6. The zero-order chi connectivity index (χ0) is 15.8. The minimum absolute atomic E-state index is 0. The molecular weight excluding hydrogens is 395 g/mol. The van der Waals surface area contributed by atoms with Crippen molar-refractivity contribution >= 4 is 41.5 Å². The first-order valence-electron chi connectivity index (χ1n) is 6.55. The van der Waals surface area contributed by atoms with E-state index in [-0.39, 0.29) is 29.9 Å². The smallest absolute Gasteiger partial charge is 0.221 e. The van der Waals surface area contributed by atoms with Gasteiger partial charge in [0.25, 0.3) is 0 Å². The Bertz CT molecular complexity index is 558. The number of aliphatic imine (C=N–C) groups is 1. The van der Waals surface area contributed by atoms with Crippen molar-refractivity contribution in [2.24, 2.45) is 10.7 Å². The van der Waals surface area contributed by atoms with Crippen LogP contribution in [0, 0.1) is 0 Å². The van der Waals surface area contributed by atoms with Crippen LogP contribution in [-0.2, 0) is 11.3 Å². The molecule has 0 radical (unpaired) electrons. The van der Waals surface area contributed by atoms with E-state index in [9.17, 15) is 4.79 Å². The standard InChI is InChI=1S/C15H22N4O2.HI/c1-10(2)8-17-15(16)18-9-12-5-6-14(21-4)13(7-12)19-11(3)20;/h5-7H,1,8-9H2,2-4H3,(H,19,20)(H3,16,17,18);1H. The summed E-state index contributed by atoms with van der Waals surface area (Å²) in [6, 6.07) is 5.48. The van der Waals surface area contributed by atoms with Gasteiger partial charge in [0.15, 0.2) is 5.96 Å². The molecule has 1 amide bonds. The maximum absolute atomic E-state index is 11.2. The van der Waals surface area contributed by atoms with E-state index in [0.29, 0.717) is 30.5 Å². The maximum atomic E-state index is 11.2. The summed E-state index contributed by atoms with van der Waals surface area (Å²) in [5, 5.41) is 5.68. The Morgan fingerprint density at radius 3 is 2.64 bits per heavy atom. The number of amides is 1. The van der Waals surface area contributed by atoms with Crippen LogP contribution in [0.2, 0.25) is 0 Å². The number of methoxy groups -OCH3 is 1. The Kier molecular flexibility index (Phi) is 9.23. The summed E-state index contributed by atoms with van der Waals surface area (Å²) in [6.45, 7) is 8.13. The maximum Gasteiger partial charge on any atom is 0.221 e. The van der Waals surface area contributed by atoms with Gasteiger partial charge in [-0.3, -0.25) is 4.79 Å². The molecule has 7 heteroatoms. The van der Waals surface area contributed by atoms with E-state index in [1.807, 2.05) is 19.1 Å². The van der Waals surface area contributed by atoms with Crippen LogP contribution in [0.5, 0.6) is 5.75 Å². The Morgan fingerprint density at radius 2 is 2.09 bits per heavy atom. The Hall–Kier alpha value is -1.77. The first-order valence-corrected chi connectivity index (χ1v) is 6.55. The van der Waals surface area contributed by atoms with Crippen LogP contribution in [0.15, 0.2) is 35.3 Å². The third-order valence-electron chi connectivity index (χ3n) is 2.58. The van der Waals surface area contributed by atoms with Crippen LogP contribution in [0.3, 0.4) is 0 Å². The van der Waals surface area contributed by atoms with Crippen molar-refractivity contribution in [2.75, 3.05) is 19.0 Å². The zero-order valence-corrected chi connectivity index (χ0v) is 15.4. The van der Waals surface area contributed by atoms with Gasteiger partial charge in [-0.25, -0.2) is 4.99 Å². The number of nitrogens with one attached hydrogen (secondary N) is 2. The second-order valence-electron chi connectivity index (χ2n) is 4.73. The van der Waals surface area contributed by atoms with Crippen molar-refractivity contribution in [3.8, 4) is 5.75 Å². The molecule has 1 rings (SSSR count). The predicted octanol–water partition coefficient (Wildman–Crippen LogP) is 2.25. The molecule has 22 heavy (non-hydrogen) atoms. The lowest BCUT2D eigenvalue weighted by molar-refractivity contribution is -0.114. The van der Waals surface area contributed by atoms with Crippen molar-refractivity contribution in [3.05, 3.63) is 35.9 Å². The van der Waals surface area contributed by atoms with Gasteiger partial charge in [-0.1, -0.05) is 18.2 Å². The van der Waals surface area contributed by atoms with Gasteiger partial charge in [-0.2, -0.15) is 0 Å². The number of anilines is 1. The van der Waals surface area contributed by atoms with Gasteiger partial charge >= 0.3 is 0 Å². The Morgan fingerprint density at radius 1 is 1.41 bits per heavy atom. The number of hydrogen-bond acceptors (Lipinski definition) is 3. The van der Waals surface area contributed by atoms with Crippen LogP contribution >= 0.6 is 24.0 Å². The number of nitrogens with two attached hydrogens (primary N) is 1. The second-order valence-corrected chi connectivity index (χ2v) is 4.73. The van der Waals surface area contributed by atoms with E-state index < -0.39 is 0 Å². The van der Waals surface area contributed by atoms with Gasteiger partial charge in [0.1, 0.15) is 5.75 Å². The SMILES string of the molecule is C=C(C)CNC(N)=NCc1ccc(OC)c(NC(C)=O)c1.I. The molecule has 0 aliphatic heterocycles.